The van der Waals surface area contributed by atoms with Crippen molar-refractivity contribution < 1.29 is 42.5 Å². The predicted molar refractivity (Wildman–Crippen MR) is 180 cm³/mol. The van der Waals surface area contributed by atoms with Crippen LogP contribution >= 0.6 is 0 Å². The Hall–Kier alpha value is -4.36. The Morgan fingerprint density at radius 1 is 1.08 bits per heavy atom. The highest BCUT2D eigenvalue weighted by molar-refractivity contribution is 5.83. The van der Waals surface area contributed by atoms with Gasteiger partial charge in [0.2, 0.25) is 0 Å². The van der Waals surface area contributed by atoms with E-state index in [0.717, 1.165) is 23.8 Å². The van der Waals surface area contributed by atoms with E-state index in [1.54, 1.807) is 31.9 Å². The molecule has 2 aliphatic heterocycles. The summed E-state index contributed by atoms with van der Waals surface area (Å²) in [4.78, 5) is 47.4. The molecule has 0 unspecified atom stereocenters. The molecule has 0 aliphatic carbocycles. The van der Waals surface area contributed by atoms with Gasteiger partial charge in [0.15, 0.2) is 6.10 Å². The van der Waals surface area contributed by atoms with Crippen LogP contribution in [0.2, 0.25) is 0 Å². The number of hydrogen-bond donors (Lipinski definition) is 1. The molecule has 3 heterocycles. The zero-order valence-corrected chi connectivity index (χ0v) is 29.2. The fourth-order valence-electron chi connectivity index (χ4n) is 6.67. The van der Waals surface area contributed by atoms with Crippen LogP contribution in [-0.2, 0) is 30.3 Å². The number of β-amino-alcohol motifs (C(OH)–C–C–N with tert-alkyl or cyclic N) is 1. The third-order valence-corrected chi connectivity index (χ3v) is 8.98. The number of carbonyl (C=O) groups excluding carboxylic acids is 3. The largest absolute Gasteiger partial charge is 0.453 e. The molecule has 1 aromatic heterocycles. The Bertz CT molecular complexity index is 1650. The first-order valence-corrected chi connectivity index (χ1v) is 17.0. The Labute approximate surface area is 291 Å². The number of ether oxygens (including phenoxy) is 3. The van der Waals surface area contributed by atoms with E-state index in [9.17, 15) is 23.9 Å². The lowest BCUT2D eigenvalue weighted by Crippen LogP contribution is -2.49. The maximum absolute atomic E-state index is 15.2. The zero-order valence-electron chi connectivity index (χ0n) is 29.2. The number of hydrogen-bond acceptors (Lipinski definition) is 8. The van der Waals surface area contributed by atoms with Crippen molar-refractivity contribution in [3.8, 4) is 11.3 Å². The Morgan fingerprint density at radius 3 is 2.44 bits per heavy atom. The fourth-order valence-corrected chi connectivity index (χ4v) is 6.67. The molecule has 2 amide bonds. The van der Waals surface area contributed by atoms with E-state index < -0.39 is 59.4 Å². The van der Waals surface area contributed by atoms with Gasteiger partial charge in [-0.25, -0.2) is 18.6 Å². The van der Waals surface area contributed by atoms with E-state index in [1.165, 1.54) is 18.7 Å². The van der Waals surface area contributed by atoms with Crippen molar-refractivity contribution >= 4 is 18.0 Å². The quantitative estimate of drug-likeness (QED) is 0.282. The monoisotopic (exact) mass is 696 g/mol. The number of nitrogens with zero attached hydrogens (tertiary/aromatic N) is 4. The van der Waals surface area contributed by atoms with Gasteiger partial charge in [-0.15, -0.1) is 0 Å². The third-order valence-electron chi connectivity index (χ3n) is 8.98. The number of rotatable bonds is 10. The minimum atomic E-state index is -1.19. The van der Waals surface area contributed by atoms with Crippen LogP contribution in [0.5, 0.6) is 0 Å². The number of carbonyl (C=O) groups is 3. The molecule has 0 spiro atoms. The average molecular weight is 697 g/mol. The second kappa shape index (κ2) is 15.7. The van der Waals surface area contributed by atoms with Crippen LogP contribution in [0, 0.1) is 23.5 Å². The zero-order chi connectivity index (χ0) is 36.2. The van der Waals surface area contributed by atoms with Gasteiger partial charge in [0.05, 0.1) is 24.4 Å². The molecule has 5 rings (SSSR count). The minimum absolute atomic E-state index is 0.00861. The van der Waals surface area contributed by atoms with Gasteiger partial charge in [-0.2, -0.15) is 0 Å². The number of imidazole rings is 1. The van der Waals surface area contributed by atoms with Crippen molar-refractivity contribution in [1.82, 2.24) is 19.4 Å². The van der Waals surface area contributed by atoms with Crippen LogP contribution in [-0.4, -0.2) is 93.1 Å². The van der Waals surface area contributed by atoms with Crippen LogP contribution in [0.3, 0.4) is 0 Å². The maximum Gasteiger partial charge on any atom is 0.410 e. The van der Waals surface area contributed by atoms with E-state index in [1.807, 2.05) is 34.9 Å². The van der Waals surface area contributed by atoms with Crippen LogP contribution in [0.1, 0.15) is 64.9 Å². The highest BCUT2D eigenvalue weighted by Gasteiger charge is 2.44. The molecule has 3 aromatic rings. The van der Waals surface area contributed by atoms with Crippen LogP contribution < -0.4 is 0 Å². The first-order valence-electron chi connectivity index (χ1n) is 17.0. The van der Waals surface area contributed by atoms with E-state index in [0.29, 0.717) is 38.4 Å². The first kappa shape index (κ1) is 36.9. The van der Waals surface area contributed by atoms with Crippen molar-refractivity contribution in [3.05, 3.63) is 77.8 Å². The highest BCUT2D eigenvalue weighted by Crippen LogP contribution is 2.39. The average Bonchev–Trinajstić information content (AvgIpc) is 3.64. The van der Waals surface area contributed by atoms with Gasteiger partial charge in [0.1, 0.15) is 23.1 Å². The van der Waals surface area contributed by atoms with Crippen molar-refractivity contribution in [3.63, 3.8) is 0 Å². The SMILES string of the molecule is CC(=O)O[C@@H](C)C(=O)N(C[C@@H]1CN(C(=O)OC(C)(C)C)C[C@H]1O)[C@@H](c1nc(-c2cc(F)ccc2F)cn1Cc1ccccc1)C1CCOCC1. The third kappa shape index (κ3) is 9.05. The maximum atomic E-state index is 15.2. The molecule has 2 aromatic carbocycles. The summed E-state index contributed by atoms with van der Waals surface area (Å²) in [6.45, 7) is 9.22. The molecule has 2 fully saturated rings. The standard InChI is InChI=1S/C37H46F2N4O7/c1-23(49-24(2)44)35(46)43(20-27-19-42(22-32(27)45)36(47)50-37(3,4)5)33(26-13-15-48-16-14-26)34-40-31(29-17-28(38)11-12-30(29)39)21-41(34)18-25-9-7-6-8-10-25/h6-12,17,21,23,26-27,32-33,45H,13-16,18-20,22H2,1-5H3/t23-,27-,32+,33+/m0/s1. The summed E-state index contributed by atoms with van der Waals surface area (Å²) in [6, 6.07) is 11.9. The molecule has 0 saturated carbocycles. The first-order chi connectivity index (χ1) is 23.7. The molecular formula is C37H46F2N4O7. The summed E-state index contributed by atoms with van der Waals surface area (Å²) < 4.78 is 48.1. The number of esters is 1. The Morgan fingerprint density at radius 2 is 1.78 bits per heavy atom. The predicted octanol–water partition coefficient (Wildman–Crippen LogP) is 5.35. The Balaban J connectivity index is 1.62. The van der Waals surface area contributed by atoms with E-state index in [4.69, 9.17) is 19.2 Å². The van der Waals surface area contributed by atoms with Gasteiger partial charge in [-0.3, -0.25) is 9.59 Å². The van der Waals surface area contributed by atoms with Crippen LogP contribution in [0.25, 0.3) is 11.3 Å². The number of halogens is 2. The molecule has 2 aliphatic rings. The summed E-state index contributed by atoms with van der Waals surface area (Å²) in [7, 11) is 0. The molecule has 1 N–H and O–H groups in total. The van der Waals surface area contributed by atoms with Crippen molar-refractivity contribution in [2.24, 2.45) is 11.8 Å². The molecule has 4 atom stereocenters. The van der Waals surface area contributed by atoms with Crippen molar-refractivity contribution in [2.75, 3.05) is 32.8 Å². The summed E-state index contributed by atoms with van der Waals surface area (Å²) in [5.41, 5.74) is 0.315. The minimum Gasteiger partial charge on any atom is -0.453 e. The summed E-state index contributed by atoms with van der Waals surface area (Å²) in [5.74, 6) is -2.82. The van der Waals surface area contributed by atoms with Crippen LogP contribution in [0.15, 0.2) is 54.7 Å². The lowest BCUT2D eigenvalue weighted by molar-refractivity contribution is -0.160. The fraction of sp³-hybridized carbons (Fsp3) is 0.514. The molecule has 270 valence electrons. The van der Waals surface area contributed by atoms with Gasteiger partial charge in [-0.05, 0) is 70.2 Å². The molecule has 50 heavy (non-hydrogen) atoms. The number of benzene rings is 2. The Kier molecular flexibility index (Phi) is 11.6. The molecule has 13 heteroatoms. The van der Waals surface area contributed by atoms with Gasteiger partial charge < -0.3 is 33.7 Å². The number of amides is 2. The molecule has 0 bridgehead atoms. The molecular weight excluding hydrogens is 650 g/mol. The number of likely N-dealkylation sites (tertiary alicyclic amines) is 1. The summed E-state index contributed by atoms with van der Waals surface area (Å²) >= 11 is 0. The van der Waals surface area contributed by atoms with Gasteiger partial charge in [0.25, 0.3) is 5.91 Å². The van der Waals surface area contributed by atoms with Crippen LogP contribution in [0.4, 0.5) is 13.6 Å². The number of aliphatic hydroxyl groups is 1. The second-order valence-electron chi connectivity index (χ2n) is 14.1. The lowest BCUT2D eigenvalue weighted by Gasteiger charge is -2.40. The normalized spacial score (nSPS) is 19.6. The highest BCUT2D eigenvalue weighted by atomic mass is 19.1. The van der Waals surface area contributed by atoms with Gasteiger partial charge in [-0.1, -0.05) is 30.3 Å². The van der Waals surface area contributed by atoms with Crippen molar-refractivity contribution in [2.45, 2.75) is 77.9 Å². The topological polar surface area (TPSA) is 123 Å². The molecule has 11 nitrogen and oxygen atoms in total. The smallest absolute Gasteiger partial charge is 0.410 e. The lowest BCUT2D eigenvalue weighted by atomic mass is 9.88. The van der Waals surface area contributed by atoms with Crippen molar-refractivity contribution in [1.29, 1.82) is 0 Å². The molecule has 2 saturated heterocycles. The van der Waals surface area contributed by atoms with E-state index in [-0.39, 0.29) is 36.8 Å². The number of aromatic nitrogens is 2. The summed E-state index contributed by atoms with van der Waals surface area (Å²) in [6.07, 6.45) is 0.00205. The van der Waals surface area contributed by atoms with Gasteiger partial charge in [0, 0.05) is 57.4 Å². The second-order valence-corrected chi connectivity index (χ2v) is 14.1. The number of aliphatic hydroxyl groups excluding tert-OH is 1. The van der Waals surface area contributed by atoms with Gasteiger partial charge >= 0.3 is 12.1 Å². The summed E-state index contributed by atoms with van der Waals surface area (Å²) in [5, 5.41) is 11.3. The molecule has 0 radical (unpaired) electrons. The van der Waals surface area contributed by atoms with E-state index >= 15 is 4.39 Å². The van der Waals surface area contributed by atoms with E-state index in [2.05, 4.69) is 0 Å².